The molecule has 0 saturated heterocycles. The van der Waals surface area contributed by atoms with Crippen molar-refractivity contribution in [1.29, 1.82) is 0 Å². The third-order valence-corrected chi connectivity index (χ3v) is 7.37. The summed E-state index contributed by atoms with van der Waals surface area (Å²) >= 11 is 0. The number of benzene rings is 6. The van der Waals surface area contributed by atoms with E-state index in [9.17, 15) is 0 Å². The molecule has 0 aliphatic rings. The van der Waals surface area contributed by atoms with Crippen LogP contribution >= 0.6 is 0 Å². The second-order valence-electron chi connectivity index (χ2n) is 9.68. The van der Waals surface area contributed by atoms with Crippen molar-refractivity contribution < 1.29 is 0 Å². The van der Waals surface area contributed by atoms with Crippen LogP contribution in [0.15, 0.2) is 170 Å². The fourth-order valence-corrected chi connectivity index (χ4v) is 5.67. The SMILES string of the molecule is c1ccc(B(c2ccccc2)c2ccccc2-c2ccccc2B(c2ccccc2)c2ccccc2)cc1. The first-order valence-corrected chi connectivity index (χ1v) is 13.3. The Bertz CT molecular complexity index is 1390. The van der Waals surface area contributed by atoms with Crippen molar-refractivity contribution in [3.63, 3.8) is 0 Å². The van der Waals surface area contributed by atoms with Crippen molar-refractivity contribution >= 4 is 46.2 Å². The van der Waals surface area contributed by atoms with Gasteiger partial charge in [0.2, 0.25) is 13.4 Å². The lowest BCUT2D eigenvalue weighted by atomic mass is 9.34. The highest BCUT2D eigenvalue weighted by Crippen LogP contribution is 2.18. The summed E-state index contributed by atoms with van der Waals surface area (Å²) in [6.45, 7) is 0.266. The first-order chi connectivity index (χ1) is 18.9. The molecule has 0 aromatic heterocycles. The largest absolute Gasteiger partial charge is 0.241 e. The van der Waals surface area contributed by atoms with E-state index in [1.165, 1.54) is 43.9 Å². The number of hydrogen-bond donors (Lipinski definition) is 0. The van der Waals surface area contributed by atoms with Gasteiger partial charge in [-0.25, -0.2) is 0 Å². The van der Waals surface area contributed by atoms with Gasteiger partial charge in [-0.05, 0) is 11.1 Å². The highest BCUT2D eigenvalue weighted by molar-refractivity contribution is 6.97. The van der Waals surface area contributed by atoms with Gasteiger partial charge in [-0.2, -0.15) is 0 Å². The zero-order chi connectivity index (χ0) is 25.6. The topological polar surface area (TPSA) is 0 Å². The van der Waals surface area contributed by atoms with Crippen molar-refractivity contribution in [3.05, 3.63) is 170 Å². The Morgan fingerprint density at radius 3 is 0.763 bits per heavy atom. The van der Waals surface area contributed by atoms with Gasteiger partial charge < -0.3 is 0 Å². The van der Waals surface area contributed by atoms with Gasteiger partial charge in [0.1, 0.15) is 0 Å². The Morgan fingerprint density at radius 2 is 0.474 bits per heavy atom. The molecule has 0 aliphatic carbocycles. The van der Waals surface area contributed by atoms with Crippen molar-refractivity contribution in [2.75, 3.05) is 0 Å². The molecule has 2 heteroatoms. The van der Waals surface area contributed by atoms with Gasteiger partial charge in [0.05, 0.1) is 0 Å². The molecule has 0 heterocycles. The van der Waals surface area contributed by atoms with Gasteiger partial charge in [0.25, 0.3) is 0 Å². The predicted octanol–water partition coefficient (Wildman–Crippen LogP) is 4.39. The summed E-state index contributed by atoms with van der Waals surface area (Å²) in [6, 6.07) is 61.4. The van der Waals surface area contributed by atoms with E-state index >= 15 is 0 Å². The van der Waals surface area contributed by atoms with Crippen LogP contribution in [0.3, 0.4) is 0 Å². The summed E-state index contributed by atoms with van der Waals surface area (Å²) in [5.41, 5.74) is 10.4. The Hall–Kier alpha value is -4.55. The molecule has 178 valence electrons. The average Bonchev–Trinajstić information content (AvgIpc) is 3.00. The second kappa shape index (κ2) is 11.2. The highest BCUT2D eigenvalue weighted by atomic mass is 14.1. The van der Waals surface area contributed by atoms with E-state index in [0.29, 0.717) is 0 Å². The van der Waals surface area contributed by atoms with E-state index in [2.05, 4.69) is 170 Å². The molecular formula is C36H28B2. The van der Waals surface area contributed by atoms with Gasteiger partial charge in [-0.15, -0.1) is 0 Å². The predicted molar refractivity (Wildman–Crippen MR) is 167 cm³/mol. The second-order valence-corrected chi connectivity index (χ2v) is 9.68. The van der Waals surface area contributed by atoms with Crippen LogP contribution in [-0.2, 0) is 0 Å². The Labute approximate surface area is 226 Å². The summed E-state index contributed by atoms with van der Waals surface area (Å²) in [5.74, 6) is 0. The van der Waals surface area contributed by atoms with Crippen molar-refractivity contribution in [2.24, 2.45) is 0 Å². The zero-order valence-electron chi connectivity index (χ0n) is 21.3. The van der Waals surface area contributed by atoms with E-state index in [-0.39, 0.29) is 13.4 Å². The third-order valence-electron chi connectivity index (χ3n) is 7.37. The summed E-state index contributed by atoms with van der Waals surface area (Å²) in [5, 5.41) is 0. The molecule has 0 N–H and O–H groups in total. The molecule has 6 aromatic carbocycles. The summed E-state index contributed by atoms with van der Waals surface area (Å²) in [4.78, 5) is 0. The number of rotatable bonds is 7. The van der Waals surface area contributed by atoms with Crippen LogP contribution in [0.4, 0.5) is 0 Å². The zero-order valence-corrected chi connectivity index (χ0v) is 21.3. The lowest BCUT2D eigenvalue weighted by molar-refractivity contribution is 1.65. The first-order valence-electron chi connectivity index (χ1n) is 13.3. The van der Waals surface area contributed by atoms with Crippen molar-refractivity contribution in [3.8, 4) is 11.1 Å². The lowest BCUT2D eigenvalue weighted by Crippen LogP contribution is -2.54. The average molecular weight is 482 g/mol. The quantitative estimate of drug-likeness (QED) is 0.297. The van der Waals surface area contributed by atoms with E-state index in [1.807, 2.05) is 0 Å². The smallest absolute Gasteiger partial charge is 0.0686 e. The Morgan fingerprint density at radius 1 is 0.237 bits per heavy atom. The molecule has 0 aliphatic heterocycles. The van der Waals surface area contributed by atoms with Crippen LogP contribution in [0.5, 0.6) is 0 Å². The molecule has 0 bridgehead atoms. The monoisotopic (exact) mass is 482 g/mol. The van der Waals surface area contributed by atoms with Gasteiger partial charge in [-0.3, -0.25) is 0 Å². The van der Waals surface area contributed by atoms with E-state index < -0.39 is 0 Å². The van der Waals surface area contributed by atoms with Gasteiger partial charge in [0, 0.05) is 0 Å². The van der Waals surface area contributed by atoms with Crippen LogP contribution in [0.25, 0.3) is 11.1 Å². The maximum Gasteiger partial charge on any atom is 0.241 e. The molecule has 6 rings (SSSR count). The molecular weight excluding hydrogens is 454 g/mol. The van der Waals surface area contributed by atoms with Crippen LogP contribution < -0.4 is 32.8 Å². The first kappa shape index (κ1) is 23.8. The standard InChI is InChI=1S/C36H28B2/c1-5-17-29(18-6-1)37(30-19-7-2-8-20-30)35-27-15-13-25-33(35)34-26-14-16-28-36(34)38(31-21-9-3-10-22-31)32-23-11-4-12-24-32/h1-28H. The number of hydrogen-bond acceptors (Lipinski definition) is 0. The van der Waals surface area contributed by atoms with Gasteiger partial charge in [-0.1, -0.05) is 203 Å². The normalized spacial score (nSPS) is 10.6. The molecule has 38 heavy (non-hydrogen) atoms. The molecule has 0 spiro atoms. The van der Waals surface area contributed by atoms with E-state index in [1.54, 1.807) is 0 Å². The maximum atomic E-state index is 2.30. The molecule has 0 atom stereocenters. The fraction of sp³-hybridized carbons (Fsp3) is 0. The van der Waals surface area contributed by atoms with Gasteiger partial charge >= 0.3 is 0 Å². The lowest BCUT2D eigenvalue weighted by Gasteiger charge is -2.23. The third kappa shape index (κ3) is 4.86. The molecule has 0 amide bonds. The van der Waals surface area contributed by atoms with E-state index in [0.717, 1.165) is 0 Å². The fourth-order valence-electron chi connectivity index (χ4n) is 5.67. The molecule has 0 saturated carbocycles. The highest BCUT2D eigenvalue weighted by Gasteiger charge is 2.28. The van der Waals surface area contributed by atoms with Crippen LogP contribution in [0, 0.1) is 0 Å². The summed E-state index contributed by atoms with van der Waals surface area (Å²) < 4.78 is 0. The molecule has 0 radical (unpaired) electrons. The Balaban J connectivity index is 1.58. The van der Waals surface area contributed by atoms with Crippen molar-refractivity contribution in [1.82, 2.24) is 0 Å². The molecule has 0 fully saturated rings. The van der Waals surface area contributed by atoms with Gasteiger partial charge in [0.15, 0.2) is 0 Å². The minimum atomic E-state index is 0.133. The minimum absolute atomic E-state index is 0.133. The van der Waals surface area contributed by atoms with Crippen molar-refractivity contribution in [2.45, 2.75) is 0 Å². The van der Waals surface area contributed by atoms with Crippen LogP contribution in [0.2, 0.25) is 0 Å². The van der Waals surface area contributed by atoms with Crippen LogP contribution in [0.1, 0.15) is 0 Å². The Kier molecular flexibility index (Phi) is 7.04. The molecule has 6 aromatic rings. The molecule has 0 unspecified atom stereocenters. The summed E-state index contributed by atoms with van der Waals surface area (Å²) in [6.07, 6.45) is 0. The summed E-state index contributed by atoms with van der Waals surface area (Å²) in [7, 11) is 0. The van der Waals surface area contributed by atoms with Crippen LogP contribution in [-0.4, -0.2) is 13.4 Å². The molecule has 0 nitrogen and oxygen atoms in total. The van der Waals surface area contributed by atoms with E-state index in [4.69, 9.17) is 0 Å². The minimum Gasteiger partial charge on any atom is -0.0686 e. The maximum absolute atomic E-state index is 2.30.